The minimum Gasteiger partial charge on any atom is -0.494 e. The van der Waals surface area contributed by atoms with E-state index in [1.165, 1.54) is 6.07 Å². The van der Waals surface area contributed by atoms with E-state index < -0.39 is 5.56 Å². The summed E-state index contributed by atoms with van der Waals surface area (Å²) in [5, 5.41) is 6.23. The average Bonchev–Trinajstić information content (AvgIpc) is 2.49. The standard InChI is InChI=1S/C15H16N2O3/c1-2-3-8-20-13-6-4-11(5-7-13)14-9-12(10-18)15(19)17-16-14/h4-7,9-10H,2-3,8H2,1H3,(H,17,19). The number of aldehydes is 1. The fourth-order valence-corrected chi connectivity index (χ4v) is 1.71. The van der Waals surface area contributed by atoms with E-state index in [4.69, 9.17) is 4.74 Å². The average molecular weight is 272 g/mol. The summed E-state index contributed by atoms with van der Waals surface area (Å²) in [5.41, 5.74) is 0.945. The van der Waals surface area contributed by atoms with Crippen LogP contribution in [0.15, 0.2) is 35.1 Å². The fourth-order valence-electron chi connectivity index (χ4n) is 1.71. The lowest BCUT2D eigenvalue weighted by molar-refractivity contribution is 0.112. The van der Waals surface area contributed by atoms with Crippen molar-refractivity contribution in [2.45, 2.75) is 19.8 Å². The number of carbonyl (C=O) groups excluding carboxylic acids is 1. The molecule has 0 unspecified atom stereocenters. The number of ether oxygens (including phenoxy) is 1. The van der Waals surface area contributed by atoms with E-state index in [0.717, 1.165) is 24.2 Å². The number of carbonyl (C=O) groups is 1. The Kier molecular flexibility index (Phi) is 4.65. The quantitative estimate of drug-likeness (QED) is 0.647. The molecule has 0 aliphatic heterocycles. The smallest absolute Gasteiger partial charge is 0.274 e. The zero-order chi connectivity index (χ0) is 14.4. The first-order chi connectivity index (χ1) is 9.74. The fraction of sp³-hybridized carbons (Fsp3) is 0.267. The third kappa shape index (κ3) is 3.32. The largest absolute Gasteiger partial charge is 0.494 e. The number of benzene rings is 1. The van der Waals surface area contributed by atoms with E-state index in [-0.39, 0.29) is 5.56 Å². The molecule has 0 aliphatic carbocycles. The SMILES string of the molecule is CCCCOc1ccc(-c2cc(C=O)c(=O)[nH]n2)cc1. The van der Waals surface area contributed by atoms with Crippen LogP contribution in [0, 0.1) is 0 Å². The van der Waals surface area contributed by atoms with Crippen LogP contribution in [0.3, 0.4) is 0 Å². The van der Waals surface area contributed by atoms with Gasteiger partial charge in [0.05, 0.1) is 17.9 Å². The first kappa shape index (κ1) is 14.0. The van der Waals surface area contributed by atoms with E-state index >= 15 is 0 Å². The van der Waals surface area contributed by atoms with Gasteiger partial charge in [0, 0.05) is 5.56 Å². The van der Waals surface area contributed by atoms with Gasteiger partial charge in [-0.1, -0.05) is 13.3 Å². The Balaban J connectivity index is 2.17. The van der Waals surface area contributed by atoms with Crippen molar-refractivity contribution in [1.82, 2.24) is 10.2 Å². The van der Waals surface area contributed by atoms with Gasteiger partial charge in [0.25, 0.3) is 5.56 Å². The molecule has 2 rings (SSSR count). The number of nitrogens with one attached hydrogen (secondary N) is 1. The van der Waals surface area contributed by atoms with Crippen molar-refractivity contribution in [3.05, 3.63) is 46.2 Å². The number of unbranched alkanes of at least 4 members (excludes halogenated alkanes) is 1. The van der Waals surface area contributed by atoms with E-state index in [1.807, 2.05) is 24.3 Å². The lowest BCUT2D eigenvalue weighted by atomic mass is 10.1. The molecule has 0 bridgehead atoms. The Hall–Kier alpha value is -2.43. The molecule has 0 spiro atoms. The van der Waals surface area contributed by atoms with E-state index in [1.54, 1.807) is 0 Å². The normalized spacial score (nSPS) is 10.2. The van der Waals surface area contributed by atoms with Crippen molar-refractivity contribution in [2.75, 3.05) is 6.61 Å². The molecular formula is C15H16N2O3. The number of aromatic amines is 1. The summed E-state index contributed by atoms with van der Waals surface area (Å²) >= 11 is 0. The molecule has 2 aromatic rings. The van der Waals surface area contributed by atoms with Crippen LogP contribution in [-0.2, 0) is 0 Å². The van der Waals surface area contributed by atoms with Crippen LogP contribution in [0.5, 0.6) is 5.75 Å². The predicted molar refractivity (Wildman–Crippen MR) is 76.1 cm³/mol. The van der Waals surface area contributed by atoms with E-state index in [9.17, 15) is 9.59 Å². The van der Waals surface area contributed by atoms with Gasteiger partial charge in [-0.2, -0.15) is 5.10 Å². The van der Waals surface area contributed by atoms with Gasteiger partial charge in [0.1, 0.15) is 5.75 Å². The second-order valence-corrected chi connectivity index (χ2v) is 4.38. The van der Waals surface area contributed by atoms with Gasteiger partial charge in [-0.15, -0.1) is 0 Å². The Bertz CT molecular complexity index is 632. The first-order valence-corrected chi connectivity index (χ1v) is 6.52. The monoisotopic (exact) mass is 272 g/mol. The summed E-state index contributed by atoms with van der Waals surface area (Å²) in [6.07, 6.45) is 2.63. The Morgan fingerprint density at radius 2 is 2.05 bits per heavy atom. The Labute approximate surface area is 116 Å². The molecular weight excluding hydrogens is 256 g/mol. The zero-order valence-corrected chi connectivity index (χ0v) is 11.3. The molecule has 1 aromatic heterocycles. The summed E-state index contributed by atoms with van der Waals surface area (Å²) in [4.78, 5) is 22.0. The summed E-state index contributed by atoms with van der Waals surface area (Å²) in [7, 11) is 0. The third-order valence-corrected chi connectivity index (χ3v) is 2.88. The van der Waals surface area contributed by atoms with Crippen LogP contribution in [-0.4, -0.2) is 23.1 Å². The van der Waals surface area contributed by atoms with Crippen LogP contribution in [0.2, 0.25) is 0 Å². The molecule has 0 saturated heterocycles. The van der Waals surface area contributed by atoms with E-state index in [2.05, 4.69) is 17.1 Å². The van der Waals surface area contributed by atoms with Crippen molar-refractivity contribution in [3.8, 4) is 17.0 Å². The Morgan fingerprint density at radius 1 is 1.30 bits per heavy atom. The van der Waals surface area contributed by atoms with Gasteiger partial charge in [0.15, 0.2) is 6.29 Å². The molecule has 0 amide bonds. The number of H-pyrrole nitrogens is 1. The molecule has 0 atom stereocenters. The molecule has 104 valence electrons. The van der Waals surface area contributed by atoms with Gasteiger partial charge in [-0.25, -0.2) is 5.10 Å². The van der Waals surface area contributed by atoms with Crippen molar-refractivity contribution in [2.24, 2.45) is 0 Å². The van der Waals surface area contributed by atoms with Gasteiger partial charge in [-0.05, 0) is 36.8 Å². The molecule has 1 heterocycles. The molecule has 0 fully saturated rings. The highest BCUT2D eigenvalue weighted by Gasteiger charge is 2.05. The zero-order valence-electron chi connectivity index (χ0n) is 11.3. The maximum atomic E-state index is 11.3. The number of hydrogen-bond donors (Lipinski definition) is 1. The van der Waals surface area contributed by atoms with Gasteiger partial charge < -0.3 is 4.74 Å². The van der Waals surface area contributed by atoms with E-state index in [0.29, 0.717) is 18.6 Å². The van der Waals surface area contributed by atoms with Crippen molar-refractivity contribution in [1.29, 1.82) is 0 Å². The van der Waals surface area contributed by atoms with Gasteiger partial charge in [-0.3, -0.25) is 9.59 Å². The third-order valence-electron chi connectivity index (χ3n) is 2.88. The van der Waals surface area contributed by atoms with Gasteiger partial charge in [0.2, 0.25) is 0 Å². The highest BCUT2D eigenvalue weighted by Crippen LogP contribution is 2.20. The maximum absolute atomic E-state index is 11.3. The van der Waals surface area contributed by atoms with Crippen molar-refractivity contribution in [3.63, 3.8) is 0 Å². The second-order valence-electron chi connectivity index (χ2n) is 4.38. The minimum absolute atomic E-state index is 0.0678. The summed E-state index contributed by atoms with van der Waals surface area (Å²) in [6.45, 7) is 2.81. The highest BCUT2D eigenvalue weighted by atomic mass is 16.5. The molecule has 20 heavy (non-hydrogen) atoms. The molecule has 5 heteroatoms. The van der Waals surface area contributed by atoms with Crippen molar-refractivity contribution < 1.29 is 9.53 Å². The molecule has 5 nitrogen and oxygen atoms in total. The van der Waals surface area contributed by atoms with Crippen LogP contribution in [0.1, 0.15) is 30.1 Å². The number of aromatic nitrogens is 2. The number of hydrogen-bond acceptors (Lipinski definition) is 4. The van der Waals surface area contributed by atoms with Crippen LogP contribution in [0.4, 0.5) is 0 Å². The summed E-state index contributed by atoms with van der Waals surface area (Å²) < 4.78 is 5.57. The molecule has 1 N–H and O–H groups in total. The number of nitrogens with zero attached hydrogens (tertiary/aromatic N) is 1. The Morgan fingerprint density at radius 3 is 2.70 bits per heavy atom. The molecule has 0 aliphatic rings. The lowest BCUT2D eigenvalue weighted by Gasteiger charge is -2.06. The topological polar surface area (TPSA) is 72.1 Å². The second kappa shape index (κ2) is 6.65. The predicted octanol–water partition coefficient (Wildman–Crippen LogP) is 2.43. The summed E-state index contributed by atoms with van der Waals surface area (Å²) in [5.74, 6) is 0.794. The van der Waals surface area contributed by atoms with Crippen LogP contribution < -0.4 is 10.3 Å². The molecule has 0 radical (unpaired) electrons. The van der Waals surface area contributed by atoms with Gasteiger partial charge >= 0.3 is 0 Å². The van der Waals surface area contributed by atoms with Crippen LogP contribution in [0.25, 0.3) is 11.3 Å². The maximum Gasteiger partial charge on any atom is 0.274 e. The number of rotatable bonds is 6. The molecule has 1 aromatic carbocycles. The minimum atomic E-state index is -0.483. The van der Waals surface area contributed by atoms with Crippen LogP contribution >= 0.6 is 0 Å². The summed E-state index contributed by atoms with van der Waals surface area (Å²) in [6, 6.07) is 8.85. The lowest BCUT2D eigenvalue weighted by Crippen LogP contribution is -2.13. The highest BCUT2D eigenvalue weighted by molar-refractivity contribution is 5.76. The molecule has 0 saturated carbocycles. The van der Waals surface area contributed by atoms with Crippen molar-refractivity contribution >= 4 is 6.29 Å². The first-order valence-electron chi connectivity index (χ1n) is 6.52.